The van der Waals surface area contributed by atoms with Crippen molar-refractivity contribution in [1.29, 1.82) is 0 Å². The second-order valence-corrected chi connectivity index (χ2v) is 6.26. The van der Waals surface area contributed by atoms with Crippen LogP contribution in [0, 0.1) is 0 Å². The number of piperazine rings is 1. The van der Waals surface area contributed by atoms with Gasteiger partial charge in [-0.25, -0.2) is 4.98 Å². The predicted octanol–water partition coefficient (Wildman–Crippen LogP) is 2.65. The summed E-state index contributed by atoms with van der Waals surface area (Å²) >= 11 is 6.23. The van der Waals surface area contributed by atoms with E-state index in [0.717, 1.165) is 48.6 Å². The number of pyridine rings is 2. The zero-order valence-corrected chi connectivity index (χ0v) is 13.8. The Morgan fingerprint density at radius 1 is 1.08 bits per heavy atom. The van der Waals surface area contributed by atoms with Gasteiger partial charge in [-0.2, -0.15) is 0 Å². The lowest BCUT2D eigenvalue weighted by molar-refractivity contribution is 0.585. The van der Waals surface area contributed by atoms with Crippen LogP contribution in [0.15, 0.2) is 47.4 Å². The van der Waals surface area contributed by atoms with Gasteiger partial charge in [-0.05, 0) is 30.3 Å². The van der Waals surface area contributed by atoms with E-state index >= 15 is 0 Å². The van der Waals surface area contributed by atoms with Crippen molar-refractivity contribution in [3.63, 3.8) is 0 Å². The molecular formula is C18H17ClN4O. The molecule has 0 amide bonds. The number of aromatic nitrogens is 2. The van der Waals surface area contributed by atoms with Gasteiger partial charge >= 0.3 is 0 Å². The summed E-state index contributed by atoms with van der Waals surface area (Å²) in [5.74, 6) is 0.960. The largest absolute Gasteiger partial charge is 0.354 e. The fourth-order valence-electron chi connectivity index (χ4n) is 3.03. The molecule has 24 heavy (non-hydrogen) atoms. The van der Waals surface area contributed by atoms with Crippen LogP contribution < -0.4 is 15.8 Å². The molecule has 3 heterocycles. The minimum atomic E-state index is -0.142. The number of halogens is 1. The Morgan fingerprint density at radius 3 is 2.67 bits per heavy atom. The molecule has 0 spiro atoms. The van der Waals surface area contributed by atoms with Crippen LogP contribution >= 0.6 is 11.6 Å². The molecule has 1 saturated heterocycles. The number of rotatable bonds is 2. The minimum absolute atomic E-state index is 0.142. The molecule has 5 nitrogen and oxygen atoms in total. The Hall–Kier alpha value is -2.37. The van der Waals surface area contributed by atoms with E-state index < -0.39 is 0 Å². The lowest BCUT2D eigenvalue weighted by atomic mass is 10.1. The van der Waals surface area contributed by atoms with Crippen LogP contribution in [0.1, 0.15) is 0 Å². The van der Waals surface area contributed by atoms with Gasteiger partial charge in [-0.15, -0.1) is 0 Å². The van der Waals surface area contributed by atoms with E-state index in [1.807, 2.05) is 18.2 Å². The highest BCUT2D eigenvalue weighted by Gasteiger charge is 2.12. The Balaban J connectivity index is 1.72. The average molecular weight is 341 g/mol. The van der Waals surface area contributed by atoms with Gasteiger partial charge in [0.1, 0.15) is 5.82 Å². The number of hydrogen-bond donors (Lipinski definition) is 2. The Labute approximate surface area is 144 Å². The van der Waals surface area contributed by atoms with Crippen molar-refractivity contribution in [3.8, 4) is 11.3 Å². The highest BCUT2D eigenvalue weighted by atomic mass is 35.5. The van der Waals surface area contributed by atoms with E-state index in [1.165, 1.54) is 0 Å². The molecule has 6 heteroatoms. The fourth-order valence-corrected chi connectivity index (χ4v) is 3.26. The Morgan fingerprint density at radius 2 is 1.92 bits per heavy atom. The van der Waals surface area contributed by atoms with Gasteiger partial charge in [0.2, 0.25) is 0 Å². The summed E-state index contributed by atoms with van der Waals surface area (Å²) in [6.45, 7) is 3.85. The van der Waals surface area contributed by atoms with Gasteiger partial charge in [0.05, 0.1) is 5.69 Å². The van der Waals surface area contributed by atoms with Gasteiger partial charge in [0, 0.05) is 53.7 Å². The number of nitrogens with zero attached hydrogens (tertiary/aromatic N) is 2. The van der Waals surface area contributed by atoms with Crippen molar-refractivity contribution in [1.82, 2.24) is 15.3 Å². The predicted molar refractivity (Wildman–Crippen MR) is 97.9 cm³/mol. The number of fused-ring (bicyclic) bond motifs is 1. The molecule has 1 aliphatic heterocycles. The first-order chi connectivity index (χ1) is 11.7. The van der Waals surface area contributed by atoms with Gasteiger partial charge in [0.15, 0.2) is 0 Å². The monoisotopic (exact) mass is 340 g/mol. The molecule has 1 aliphatic rings. The molecule has 4 rings (SSSR count). The molecule has 0 atom stereocenters. The number of H-pyrrole nitrogens is 1. The molecule has 0 bridgehead atoms. The van der Waals surface area contributed by atoms with Crippen molar-refractivity contribution >= 4 is 28.2 Å². The molecule has 1 aromatic carbocycles. The lowest BCUT2D eigenvalue weighted by Gasteiger charge is -2.28. The molecule has 0 saturated carbocycles. The number of nitrogens with one attached hydrogen (secondary N) is 2. The molecular weight excluding hydrogens is 324 g/mol. The van der Waals surface area contributed by atoms with E-state index in [0.29, 0.717) is 10.4 Å². The van der Waals surface area contributed by atoms with Crippen LogP contribution in [-0.2, 0) is 0 Å². The third-order valence-electron chi connectivity index (χ3n) is 4.33. The minimum Gasteiger partial charge on any atom is -0.354 e. The van der Waals surface area contributed by atoms with E-state index in [4.69, 9.17) is 11.6 Å². The highest BCUT2D eigenvalue weighted by molar-refractivity contribution is 6.35. The van der Waals surface area contributed by atoms with Crippen molar-refractivity contribution in [2.24, 2.45) is 0 Å². The van der Waals surface area contributed by atoms with Crippen molar-refractivity contribution in [3.05, 3.63) is 58.0 Å². The van der Waals surface area contributed by atoms with E-state index in [9.17, 15) is 4.79 Å². The topological polar surface area (TPSA) is 61.0 Å². The quantitative estimate of drug-likeness (QED) is 0.753. The first-order valence-electron chi connectivity index (χ1n) is 7.96. The smallest absolute Gasteiger partial charge is 0.256 e. The third-order valence-corrected chi connectivity index (χ3v) is 4.66. The third kappa shape index (κ3) is 2.77. The number of aromatic amines is 1. The maximum atomic E-state index is 12.3. The van der Waals surface area contributed by atoms with Crippen LogP contribution in [0.2, 0.25) is 5.02 Å². The van der Waals surface area contributed by atoms with Gasteiger partial charge in [-0.3, -0.25) is 4.79 Å². The number of benzene rings is 1. The maximum Gasteiger partial charge on any atom is 0.256 e. The van der Waals surface area contributed by atoms with Gasteiger partial charge in [0.25, 0.3) is 5.56 Å². The highest BCUT2D eigenvalue weighted by Crippen LogP contribution is 2.25. The summed E-state index contributed by atoms with van der Waals surface area (Å²) in [6, 6.07) is 11.2. The van der Waals surface area contributed by atoms with E-state index in [-0.39, 0.29) is 5.56 Å². The zero-order chi connectivity index (χ0) is 16.5. The van der Waals surface area contributed by atoms with Crippen LogP contribution in [0.25, 0.3) is 22.0 Å². The molecule has 122 valence electrons. The number of anilines is 1. The summed E-state index contributed by atoms with van der Waals surface area (Å²) in [5, 5.41) is 5.25. The molecule has 0 aliphatic carbocycles. The Bertz CT molecular complexity index is 930. The van der Waals surface area contributed by atoms with Crippen molar-refractivity contribution < 1.29 is 0 Å². The van der Waals surface area contributed by atoms with Crippen molar-refractivity contribution in [2.45, 2.75) is 0 Å². The standard InChI is InChI=1S/C18H17ClN4O/c19-15-3-1-2-13-14(15)10-16(22-18(13)24)12-4-5-17(21-11-12)23-8-6-20-7-9-23/h1-5,10-11,20H,6-9H2,(H,22,24). The summed E-state index contributed by atoms with van der Waals surface area (Å²) in [5.41, 5.74) is 1.45. The molecule has 2 N–H and O–H groups in total. The van der Waals surface area contributed by atoms with Crippen LogP contribution in [-0.4, -0.2) is 36.1 Å². The molecule has 1 fully saturated rings. The first-order valence-corrected chi connectivity index (χ1v) is 8.34. The first kappa shape index (κ1) is 15.2. The summed E-state index contributed by atoms with van der Waals surface area (Å²) in [7, 11) is 0. The lowest BCUT2D eigenvalue weighted by Crippen LogP contribution is -2.43. The zero-order valence-electron chi connectivity index (χ0n) is 13.1. The molecule has 3 aromatic rings. The second-order valence-electron chi connectivity index (χ2n) is 5.86. The summed E-state index contributed by atoms with van der Waals surface area (Å²) in [4.78, 5) is 22.0. The molecule has 2 aromatic heterocycles. The van der Waals surface area contributed by atoms with E-state index in [1.54, 1.807) is 24.4 Å². The van der Waals surface area contributed by atoms with Crippen LogP contribution in [0.4, 0.5) is 5.82 Å². The average Bonchev–Trinajstić information content (AvgIpc) is 2.63. The van der Waals surface area contributed by atoms with Gasteiger partial charge in [-0.1, -0.05) is 17.7 Å². The van der Waals surface area contributed by atoms with E-state index in [2.05, 4.69) is 20.2 Å². The summed E-state index contributed by atoms with van der Waals surface area (Å²) < 4.78 is 0. The van der Waals surface area contributed by atoms with Crippen molar-refractivity contribution in [2.75, 3.05) is 31.1 Å². The Kier molecular flexibility index (Phi) is 3.96. The van der Waals surface area contributed by atoms with Crippen LogP contribution in [0.3, 0.4) is 0 Å². The number of hydrogen-bond acceptors (Lipinski definition) is 4. The second kappa shape index (κ2) is 6.26. The fraction of sp³-hybridized carbons (Fsp3) is 0.222. The molecule has 0 radical (unpaired) electrons. The maximum absolute atomic E-state index is 12.3. The molecule has 0 unspecified atom stereocenters. The summed E-state index contributed by atoms with van der Waals surface area (Å²) in [6.07, 6.45) is 1.80. The normalized spacial score (nSPS) is 15.0. The van der Waals surface area contributed by atoms with Gasteiger partial charge < -0.3 is 15.2 Å². The SMILES string of the molecule is O=c1[nH]c(-c2ccc(N3CCNCC3)nc2)cc2c(Cl)cccc12. The van der Waals surface area contributed by atoms with Crippen LogP contribution in [0.5, 0.6) is 0 Å².